The van der Waals surface area contributed by atoms with Gasteiger partial charge in [0.15, 0.2) is 11.5 Å². The molecular weight excluding hydrogens is 274 g/mol. The first kappa shape index (κ1) is 16.1. The van der Waals surface area contributed by atoms with Crippen molar-refractivity contribution in [3.8, 4) is 11.5 Å². The zero-order chi connectivity index (χ0) is 15.8. The lowest BCUT2D eigenvalue weighted by molar-refractivity contribution is 0.277. The molecule has 0 bridgehead atoms. The van der Waals surface area contributed by atoms with Gasteiger partial charge in [-0.1, -0.05) is 24.6 Å². The van der Waals surface area contributed by atoms with Crippen LogP contribution in [0, 0.1) is 6.92 Å². The van der Waals surface area contributed by atoms with Crippen molar-refractivity contribution in [3.05, 3.63) is 53.6 Å². The van der Waals surface area contributed by atoms with Gasteiger partial charge in [0.25, 0.3) is 0 Å². The van der Waals surface area contributed by atoms with Crippen molar-refractivity contribution in [3.63, 3.8) is 0 Å². The predicted octanol–water partition coefficient (Wildman–Crippen LogP) is 4.93. The maximum absolute atomic E-state index is 5.70. The monoisotopic (exact) mass is 297 g/mol. The number of rotatable bonds is 7. The van der Waals surface area contributed by atoms with Crippen LogP contribution in [0.25, 0.3) is 0 Å². The van der Waals surface area contributed by atoms with Crippen LogP contribution in [0.3, 0.4) is 0 Å². The average Bonchev–Trinajstić information content (AvgIpc) is 2.54. The molecule has 2 aromatic carbocycles. The molecule has 0 heterocycles. The second kappa shape index (κ2) is 8.23. The molecule has 2 rings (SSSR count). The first-order chi connectivity index (χ1) is 10.7. The van der Waals surface area contributed by atoms with Crippen LogP contribution in [0.4, 0.5) is 5.69 Å². The third-order valence-corrected chi connectivity index (χ3v) is 3.13. The number of benzene rings is 2. The highest BCUT2D eigenvalue weighted by atomic mass is 16.5. The number of ether oxygens (including phenoxy) is 2. The van der Waals surface area contributed by atoms with E-state index in [1.54, 1.807) is 0 Å². The van der Waals surface area contributed by atoms with E-state index in [0.717, 1.165) is 29.2 Å². The summed E-state index contributed by atoms with van der Waals surface area (Å²) in [6.45, 7) is 7.43. The number of hydrogen-bond donors (Lipinski definition) is 0. The lowest BCUT2D eigenvalue weighted by Gasteiger charge is -2.11. The summed E-state index contributed by atoms with van der Waals surface area (Å²) in [6, 6.07) is 14.0. The van der Waals surface area contributed by atoms with E-state index in [4.69, 9.17) is 9.47 Å². The lowest BCUT2D eigenvalue weighted by Crippen LogP contribution is -2.00. The van der Waals surface area contributed by atoms with Crippen molar-refractivity contribution < 1.29 is 9.47 Å². The van der Waals surface area contributed by atoms with Gasteiger partial charge in [0.2, 0.25) is 0 Å². The zero-order valence-electron chi connectivity index (χ0n) is 13.5. The minimum atomic E-state index is 0.612. The molecule has 0 atom stereocenters. The molecular formula is C19H23NO2. The average molecular weight is 297 g/mol. The summed E-state index contributed by atoms with van der Waals surface area (Å²) in [5.74, 6) is 1.56. The molecule has 0 saturated heterocycles. The topological polar surface area (TPSA) is 30.8 Å². The van der Waals surface area contributed by atoms with Gasteiger partial charge in [-0.3, -0.25) is 4.99 Å². The summed E-state index contributed by atoms with van der Waals surface area (Å²) in [7, 11) is 0. The number of aliphatic imine (C=N–C) groups is 1. The fraction of sp³-hybridized carbons (Fsp3) is 0.316. The Morgan fingerprint density at radius 1 is 0.955 bits per heavy atom. The lowest BCUT2D eigenvalue weighted by atomic mass is 10.2. The van der Waals surface area contributed by atoms with Gasteiger partial charge in [0.1, 0.15) is 0 Å². The minimum Gasteiger partial charge on any atom is -0.490 e. The van der Waals surface area contributed by atoms with Gasteiger partial charge in [-0.15, -0.1) is 0 Å². The Balaban J connectivity index is 2.16. The van der Waals surface area contributed by atoms with E-state index in [9.17, 15) is 0 Å². The van der Waals surface area contributed by atoms with E-state index in [2.05, 4.69) is 31.0 Å². The summed E-state index contributed by atoms with van der Waals surface area (Å²) < 4.78 is 11.4. The van der Waals surface area contributed by atoms with Crippen LogP contribution in [0.2, 0.25) is 0 Å². The van der Waals surface area contributed by atoms with Crippen molar-refractivity contribution in [2.75, 3.05) is 13.2 Å². The number of nitrogens with zero attached hydrogens (tertiary/aromatic N) is 1. The number of hydrogen-bond acceptors (Lipinski definition) is 3. The van der Waals surface area contributed by atoms with Gasteiger partial charge >= 0.3 is 0 Å². The Morgan fingerprint density at radius 3 is 2.41 bits per heavy atom. The molecule has 3 nitrogen and oxygen atoms in total. The molecule has 0 unspecified atom stereocenters. The van der Waals surface area contributed by atoms with Gasteiger partial charge in [0.05, 0.1) is 18.9 Å². The van der Waals surface area contributed by atoms with Crippen LogP contribution in [0.15, 0.2) is 47.5 Å². The normalized spacial score (nSPS) is 10.9. The van der Waals surface area contributed by atoms with Crippen LogP contribution in [0.5, 0.6) is 11.5 Å². The van der Waals surface area contributed by atoms with Gasteiger partial charge in [-0.05, 0) is 56.2 Å². The first-order valence-electron chi connectivity index (χ1n) is 7.73. The summed E-state index contributed by atoms with van der Waals surface area (Å²) in [4.78, 5) is 4.49. The summed E-state index contributed by atoms with van der Waals surface area (Å²) >= 11 is 0. The molecule has 0 saturated carbocycles. The van der Waals surface area contributed by atoms with E-state index in [-0.39, 0.29) is 0 Å². The molecule has 0 fully saturated rings. The fourth-order valence-electron chi connectivity index (χ4n) is 1.98. The van der Waals surface area contributed by atoms with Crippen molar-refractivity contribution in [2.24, 2.45) is 4.99 Å². The van der Waals surface area contributed by atoms with Gasteiger partial charge in [-0.2, -0.15) is 0 Å². The third kappa shape index (κ3) is 4.62. The van der Waals surface area contributed by atoms with E-state index in [1.165, 1.54) is 5.56 Å². The van der Waals surface area contributed by atoms with Crippen LogP contribution in [-0.4, -0.2) is 19.4 Å². The van der Waals surface area contributed by atoms with Crippen molar-refractivity contribution in [2.45, 2.75) is 27.2 Å². The molecule has 0 aromatic heterocycles. The van der Waals surface area contributed by atoms with E-state index >= 15 is 0 Å². The van der Waals surface area contributed by atoms with E-state index in [1.807, 2.05) is 43.5 Å². The summed E-state index contributed by atoms with van der Waals surface area (Å²) in [6.07, 6.45) is 2.82. The highest BCUT2D eigenvalue weighted by Gasteiger charge is 2.05. The van der Waals surface area contributed by atoms with Gasteiger partial charge in [-0.25, -0.2) is 0 Å². The maximum Gasteiger partial charge on any atom is 0.161 e. The van der Waals surface area contributed by atoms with E-state index < -0.39 is 0 Å². The Kier molecular flexibility index (Phi) is 6.01. The van der Waals surface area contributed by atoms with Gasteiger partial charge in [0, 0.05) is 6.21 Å². The molecule has 22 heavy (non-hydrogen) atoms. The molecule has 0 aliphatic carbocycles. The highest BCUT2D eigenvalue weighted by molar-refractivity contribution is 5.83. The SMILES string of the molecule is CCCOc1ccc(C=Nc2ccc(C)cc2)cc1OCC. The fourth-order valence-corrected chi connectivity index (χ4v) is 1.98. The Labute approximate surface area is 132 Å². The Morgan fingerprint density at radius 2 is 1.73 bits per heavy atom. The second-order valence-corrected chi connectivity index (χ2v) is 5.08. The molecule has 116 valence electrons. The highest BCUT2D eigenvalue weighted by Crippen LogP contribution is 2.28. The van der Waals surface area contributed by atoms with Crippen molar-refractivity contribution in [1.29, 1.82) is 0 Å². The van der Waals surface area contributed by atoms with Gasteiger partial charge < -0.3 is 9.47 Å². The summed E-state index contributed by atoms with van der Waals surface area (Å²) in [5, 5.41) is 0. The quantitative estimate of drug-likeness (QED) is 0.678. The largest absolute Gasteiger partial charge is 0.490 e. The molecule has 0 aliphatic rings. The molecule has 0 amide bonds. The third-order valence-electron chi connectivity index (χ3n) is 3.13. The standard InChI is InChI=1S/C19H23NO2/c1-4-12-22-18-11-8-16(13-19(18)21-5-2)14-20-17-9-6-15(3)7-10-17/h6-11,13-14H,4-5,12H2,1-3H3. The van der Waals surface area contributed by atoms with Crippen LogP contribution in [-0.2, 0) is 0 Å². The van der Waals surface area contributed by atoms with Crippen LogP contribution in [0.1, 0.15) is 31.4 Å². The first-order valence-corrected chi connectivity index (χ1v) is 7.73. The Bertz CT molecular complexity index is 618. The molecule has 0 radical (unpaired) electrons. The summed E-state index contributed by atoms with van der Waals surface area (Å²) in [5.41, 5.74) is 3.16. The molecule has 0 aliphatic heterocycles. The molecule has 0 spiro atoms. The zero-order valence-corrected chi connectivity index (χ0v) is 13.5. The molecule has 3 heteroatoms. The van der Waals surface area contributed by atoms with E-state index in [0.29, 0.717) is 13.2 Å². The predicted molar refractivity (Wildman–Crippen MR) is 91.8 cm³/mol. The van der Waals surface area contributed by atoms with Crippen LogP contribution < -0.4 is 9.47 Å². The Hall–Kier alpha value is -2.29. The number of aryl methyl sites for hydroxylation is 1. The van der Waals surface area contributed by atoms with Crippen LogP contribution >= 0.6 is 0 Å². The van der Waals surface area contributed by atoms with Crippen molar-refractivity contribution >= 4 is 11.9 Å². The molecule has 2 aromatic rings. The maximum atomic E-state index is 5.70. The molecule has 0 N–H and O–H groups in total. The van der Waals surface area contributed by atoms with Crippen molar-refractivity contribution in [1.82, 2.24) is 0 Å². The second-order valence-electron chi connectivity index (χ2n) is 5.08. The smallest absolute Gasteiger partial charge is 0.161 e. The minimum absolute atomic E-state index is 0.612.